The van der Waals surface area contributed by atoms with Crippen LogP contribution in [0.2, 0.25) is 0 Å². The Labute approximate surface area is 169 Å². The number of nitrogens with zero attached hydrogens (tertiary/aromatic N) is 3. The Morgan fingerprint density at radius 3 is 2.45 bits per heavy atom. The fraction of sp³-hybridized carbons (Fsp3) is 0.348. The summed E-state index contributed by atoms with van der Waals surface area (Å²) in [4.78, 5) is 23.3. The van der Waals surface area contributed by atoms with Gasteiger partial charge in [-0.25, -0.2) is 4.79 Å². The summed E-state index contributed by atoms with van der Waals surface area (Å²) in [6, 6.07) is 15.4. The number of carbonyl (C=O) groups excluding carboxylic acids is 1. The number of benzene rings is 2. The number of piperidine rings is 1. The molecule has 1 aromatic heterocycles. The van der Waals surface area contributed by atoms with Crippen LogP contribution in [0.1, 0.15) is 36.8 Å². The third kappa shape index (κ3) is 3.34. The van der Waals surface area contributed by atoms with E-state index in [0.717, 1.165) is 35.0 Å². The topological polar surface area (TPSA) is 75.5 Å². The summed E-state index contributed by atoms with van der Waals surface area (Å²) in [5, 5.41) is 11.5. The standard InChI is InChI=1S/C23H23N3O3/c27-22(29-15-16-4-2-1-3-5-16)26-18-7-8-19(26)14-23(28,13-18)17-6-9-20-21(12-17)25-11-10-24-20/h1-6,9-12,18-19,28H,7-8,13-15H2. The van der Waals surface area contributed by atoms with Gasteiger partial charge in [-0.1, -0.05) is 36.4 Å². The number of fused-ring (bicyclic) bond motifs is 3. The normalized spacial score (nSPS) is 25.9. The molecule has 2 aromatic carbocycles. The average molecular weight is 389 g/mol. The highest BCUT2D eigenvalue weighted by atomic mass is 16.6. The molecule has 148 valence electrons. The monoisotopic (exact) mass is 389 g/mol. The van der Waals surface area contributed by atoms with E-state index in [1.807, 2.05) is 53.4 Å². The lowest BCUT2D eigenvalue weighted by Gasteiger charge is -2.43. The van der Waals surface area contributed by atoms with Crippen molar-refractivity contribution in [3.8, 4) is 0 Å². The van der Waals surface area contributed by atoms with Crippen molar-refractivity contribution in [3.05, 3.63) is 72.1 Å². The van der Waals surface area contributed by atoms with E-state index in [1.165, 1.54) is 0 Å². The SMILES string of the molecule is O=C(OCc1ccccc1)N1C2CCC1CC(O)(c1ccc3nccnc3c1)C2. The predicted octanol–water partition coefficient (Wildman–Crippen LogP) is 3.78. The van der Waals surface area contributed by atoms with Crippen molar-refractivity contribution in [2.75, 3.05) is 0 Å². The second-order valence-electron chi connectivity index (χ2n) is 8.03. The molecule has 2 aliphatic rings. The summed E-state index contributed by atoms with van der Waals surface area (Å²) >= 11 is 0. The van der Waals surface area contributed by atoms with Gasteiger partial charge in [-0.15, -0.1) is 0 Å². The number of rotatable bonds is 3. The Hall–Kier alpha value is -2.99. The molecule has 3 heterocycles. The van der Waals surface area contributed by atoms with Gasteiger partial charge in [0.1, 0.15) is 6.61 Å². The Balaban J connectivity index is 1.32. The Bertz CT molecular complexity index is 1030. The quantitative estimate of drug-likeness (QED) is 0.738. The van der Waals surface area contributed by atoms with Crippen LogP contribution in [0.5, 0.6) is 0 Å². The molecule has 2 unspecified atom stereocenters. The van der Waals surface area contributed by atoms with Gasteiger partial charge in [0.25, 0.3) is 0 Å². The van der Waals surface area contributed by atoms with Gasteiger partial charge in [0.05, 0.1) is 16.6 Å². The van der Waals surface area contributed by atoms with Gasteiger partial charge in [0, 0.05) is 37.3 Å². The summed E-state index contributed by atoms with van der Waals surface area (Å²) < 4.78 is 5.57. The van der Waals surface area contributed by atoms with Gasteiger partial charge in [-0.2, -0.15) is 0 Å². The fourth-order valence-electron chi connectivity index (χ4n) is 4.81. The zero-order valence-electron chi connectivity index (χ0n) is 16.1. The third-order valence-electron chi connectivity index (χ3n) is 6.19. The molecule has 2 aliphatic heterocycles. The first-order chi connectivity index (χ1) is 14.1. The van der Waals surface area contributed by atoms with Crippen molar-refractivity contribution in [2.45, 2.75) is 50.0 Å². The van der Waals surface area contributed by atoms with Crippen LogP contribution in [-0.4, -0.2) is 38.2 Å². The highest BCUT2D eigenvalue weighted by Gasteiger charge is 2.50. The molecule has 6 nitrogen and oxygen atoms in total. The number of hydrogen-bond donors (Lipinski definition) is 1. The summed E-state index contributed by atoms with van der Waals surface area (Å²) in [5.74, 6) is 0. The number of aliphatic hydroxyl groups is 1. The van der Waals surface area contributed by atoms with E-state index in [4.69, 9.17) is 4.74 Å². The molecular weight excluding hydrogens is 366 g/mol. The molecule has 29 heavy (non-hydrogen) atoms. The molecule has 3 aromatic rings. The van der Waals surface area contributed by atoms with Crippen molar-refractivity contribution in [1.29, 1.82) is 0 Å². The maximum atomic E-state index is 12.8. The zero-order chi connectivity index (χ0) is 19.8. The minimum absolute atomic E-state index is 0.0143. The van der Waals surface area contributed by atoms with Gasteiger partial charge in [0.2, 0.25) is 0 Å². The molecule has 2 bridgehead atoms. The minimum atomic E-state index is -0.965. The first-order valence-corrected chi connectivity index (χ1v) is 10.0. The van der Waals surface area contributed by atoms with E-state index in [9.17, 15) is 9.90 Å². The smallest absolute Gasteiger partial charge is 0.410 e. The van der Waals surface area contributed by atoms with Crippen molar-refractivity contribution in [1.82, 2.24) is 14.9 Å². The highest BCUT2D eigenvalue weighted by molar-refractivity contribution is 5.75. The van der Waals surface area contributed by atoms with Crippen LogP contribution in [-0.2, 0) is 16.9 Å². The van der Waals surface area contributed by atoms with Crippen LogP contribution in [0.15, 0.2) is 60.9 Å². The van der Waals surface area contributed by atoms with Crippen molar-refractivity contribution in [3.63, 3.8) is 0 Å². The zero-order valence-corrected chi connectivity index (χ0v) is 16.1. The van der Waals surface area contributed by atoms with Crippen molar-refractivity contribution < 1.29 is 14.6 Å². The lowest BCUT2D eigenvalue weighted by Crippen LogP contribution is -2.52. The van der Waals surface area contributed by atoms with Gasteiger partial charge >= 0.3 is 6.09 Å². The second kappa shape index (κ2) is 7.12. The number of aromatic nitrogens is 2. The molecule has 2 atom stereocenters. The number of amides is 1. The van der Waals surface area contributed by atoms with E-state index in [-0.39, 0.29) is 24.8 Å². The maximum Gasteiger partial charge on any atom is 0.410 e. The molecule has 5 rings (SSSR count). The summed E-state index contributed by atoms with van der Waals surface area (Å²) in [7, 11) is 0. The molecule has 1 amide bonds. The molecule has 0 saturated carbocycles. The first kappa shape index (κ1) is 18.1. The molecular formula is C23H23N3O3. The highest BCUT2D eigenvalue weighted by Crippen LogP contribution is 2.46. The molecule has 6 heteroatoms. The average Bonchev–Trinajstić information content (AvgIpc) is 3.04. The van der Waals surface area contributed by atoms with Gasteiger partial charge < -0.3 is 14.7 Å². The molecule has 0 aliphatic carbocycles. The van der Waals surface area contributed by atoms with E-state index < -0.39 is 5.60 Å². The van der Waals surface area contributed by atoms with Crippen LogP contribution in [0.3, 0.4) is 0 Å². The number of carbonyl (C=O) groups is 1. The van der Waals surface area contributed by atoms with Gasteiger partial charge in [-0.3, -0.25) is 9.97 Å². The Morgan fingerprint density at radius 2 is 1.72 bits per heavy atom. The van der Waals surface area contributed by atoms with E-state index in [1.54, 1.807) is 12.4 Å². The van der Waals surface area contributed by atoms with Gasteiger partial charge in [0.15, 0.2) is 0 Å². The molecule has 1 N–H and O–H groups in total. The van der Waals surface area contributed by atoms with Crippen LogP contribution in [0.4, 0.5) is 4.79 Å². The van der Waals surface area contributed by atoms with E-state index in [0.29, 0.717) is 12.8 Å². The third-order valence-corrected chi connectivity index (χ3v) is 6.19. The van der Waals surface area contributed by atoms with E-state index >= 15 is 0 Å². The summed E-state index contributed by atoms with van der Waals surface area (Å²) in [5.41, 5.74) is 2.44. The minimum Gasteiger partial charge on any atom is -0.445 e. The van der Waals surface area contributed by atoms with Crippen LogP contribution < -0.4 is 0 Å². The molecule has 2 fully saturated rings. The molecule has 0 radical (unpaired) electrons. The summed E-state index contributed by atoms with van der Waals surface area (Å²) in [6.07, 6.45) is 5.84. The van der Waals surface area contributed by atoms with Crippen LogP contribution in [0, 0.1) is 0 Å². The molecule has 2 saturated heterocycles. The lowest BCUT2D eigenvalue weighted by atomic mass is 9.80. The van der Waals surface area contributed by atoms with Gasteiger partial charge in [-0.05, 0) is 36.1 Å². The maximum absolute atomic E-state index is 12.8. The lowest BCUT2D eigenvalue weighted by molar-refractivity contribution is -0.0536. The van der Waals surface area contributed by atoms with Crippen molar-refractivity contribution >= 4 is 17.1 Å². The fourth-order valence-corrected chi connectivity index (χ4v) is 4.81. The second-order valence-corrected chi connectivity index (χ2v) is 8.03. The first-order valence-electron chi connectivity index (χ1n) is 10.0. The van der Waals surface area contributed by atoms with Crippen LogP contribution in [0.25, 0.3) is 11.0 Å². The number of hydrogen-bond acceptors (Lipinski definition) is 5. The van der Waals surface area contributed by atoms with Crippen LogP contribution >= 0.6 is 0 Å². The predicted molar refractivity (Wildman–Crippen MR) is 108 cm³/mol. The van der Waals surface area contributed by atoms with E-state index in [2.05, 4.69) is 9.97 Å². The van der Waals surface area contributed by atoms with Crippen molar-refractivity contribution in [2.24, 2.45) is 0 Å². The molecule has 0 spiro atoms. The largest absolute Gasteiger partial charge is 0.445 e. The summed E-state index contributed by atoms with van der Waals surface area (Å²) in [6.45, 7) is 0.267. The Morgan fingerprint density at radius 1 is 1.03 bits per heavy atom. The number of ether oxygens (including phenoxy) is 1. The Kier molecular flexibility index (Phi) is 4.43.